The average molecular weight is 278 g/mol. The fourth-order valence-electron chi connectivity index (χ4n) is 2.78. The highest BCUT2D eigenvalue weighted by molar-refractivity contribution is 5.14. The molecule has 4 heteroatoms. The van der Waals surface area contributed by atoms with Gasteiger partial charge in [-0.3, -0.25) is 0 Å². The van der Waals surface area contributed by atoms with Gasteiger partial charge in [-0.05, 0) is 30.9 Å². The van der Waals surface area contributed by atoms with E-state index < -0.39 is 0 Å². The predicted molar refractivity (Wildman–Crippen MR) is 80.4 cm³/mol. The van der Waals surface area contributed by atoms with Crippen LogP contribution in [0.4, 0.5) is 0 Å². The molecule has 1 aromatic carbocycles. The number of piperidine rings is 1. The number of hydrogen-bond donors (Lipinski definition) is 3. The van der Waals surface area contributed by atoms with E-state index in [0.29, 0.717) is 5.92 Å². The minimum atomic E-state index is -0.259. The summed E-state index contributed by atoms with van der Waals surface area (Å²) in [6.07, 6.45) is 1.56. The first-order valence-electron chi connectivity index (χ1n) is 7.55. The van der Waals surface area contributed by atoms with Crippen LogP contribution in [-0.4, -0.2) is 54.0 Å². The molecule has 1 aliphatic heterocycles. The second kappa shape index (κ2) is 8.37. The SMILES string of the molecule is OCCCN1CC[C@@H](CNCc2ccccc2)[C@H](O)C1. The van der Waals surface area contributed by atoms with Gasteiger partial charge >= 0.3 is 0 Å². The smallest absolute Gasteiger partial charge is 0.0707 e. The van der Waals surface area contributed by atoms with Crippen molar-refractivity contribution in [3.63, 3.8) is 0 Å². The van der Waals surface area contributed by atoms with Crippen LogP contribution in [0.1, 0.15) is 18.4 Å². The molecular weight excluding hydrogens is 252 g/mol. The number of likely N-dealkylation sites (tertiary alicyclic amines) is 1. The zero-order valence-electron chi connectivity index (χ0n) is 12.0. The zero-order chi connectivity index (χ0) is 14.2. The second-order valence-corrected chi connectivity index (χ2v) is 5.61. The molecule has 2 rings (SSSR count). The number of hydrogen-bond acceptors (Lipinski definition) is 4. The largest absolute Gasteiger partial charge is 0.396 e. The predicted octanol–water partition coefficient (Wildman–Crippen LogP) is 0.841. The average Bonchev–Trinajstić information content (AvgIpc) is 2.48. The summed E-state index contributed by atoms with van der Waals surface area (Å²) in [6.45, 7) is 4.60. The van der Waals surface area contributed by atoms with Crippen molar-refractivity contribution in [2.75, 3.05) is 32.8 Å². The Kier molecular flexibility index (Phi) is 6.47. The van der Waals surface area contributed by atoms with Gasteiger partial charge in [-0.1, -0.05) is 30.3 Å². The molecule has 3 N–H and O–H groups in total. The van der Waals surface area contributed by atoms with Gasteiger partial charge in [0.05, 0.1) is 6.10 Å². The first kappa shape index (κ1) is 15.4. The Balaban J connectivity index is 1.67. The van der Waals surface area contributed by atoms with Crippen molar-refractivity contribution in [1.82, 2.24) is 10.2 Å². The quantitative estimate of drug-likeness (QED) is 0.692. The normalized spacial score (nSPS) is 23.9. The summed E-state index contributed by atoms with van der Waals surface area (Å²) in [6, 6.07) is 10.3. The van der Waals surface area contributed by atoms with Gasteiger partial charge in [0.15, 0.2) is 0 Å². The molecule has 1 saturated heterocycles. The summed E-state index contributed by atoms with van der Waals surface area (Å²) in [5.41, 5.74) is 1.28. The first-order chi connectivity index (χ1) is 9.79. The van der Waals surface area contributed by atoms with Crippen molar-refractivity contribution in [3.05, 3.63) is 35.9 Å². The van der Waals surface area contributed by atoms with Crippen LogP contribution >= 0.6 is 0 Å². The van der Waals surface area contributed by atoms with E-state index in [-0.39, 0.29) is 12.7 Å². The monoisotopic (exact) mass is 278 g/mol. The second-order valence-electron chi connectivity index (χ2n) is 5.61. The maximum Gasteiger partial charge on any atom is 0.0707 e. The molecule has 112 valence electrons. The third-order valence-corrected chi connectivity index (χ3v) is 4.02. The van der Waals surface area contributed by atoms with E-state index in [1.807, 2.05) is 18.2 Å². The summed E-state index contributed by atoms with van der Waals surface area (Å²) in [7, 11) is 0. The molecule has 2 atom stereocenters. The molecule has 1 heterocycles. The molecule has 1 fully saturated rings. The molecule has 0 saturated carbocycles. The van der Waals surface area contributed by atoms with Crippen LogP contribution in [0.2, 0.25) is 0 Å². The molecule has 0 unspecified atom stereocenters. The molecule has 0 aliphatic carbocycles. The van der Waals surface area contributed by atoms with Crippen molar-refractivity contribution in [3.8, 4) is 0 Å². The Bertz CT molecular complexity index is 372. The summed E-state index contributed by atoms with van der Waals surface area (Å²) in [4.78, 5) is 2.24. The van der Waals surface area contributed by atoms with Crippen LogP contribution in [0.25, 0.3) is 0 Å². The van der Waals surface area contributed by atoms with Crippen molar-refractivity contribution >= 4 is 0 Å². The summed E-state index contributed by atoms with van der Waals surface area (Å²) < 4.78 is 0. The minimum absolute atomic E-state index is 0.231. The van der Waals surface area contributed by atoms with Crippen LogP contribution in [-0.2, 0) is 6.54 Å². The maximum atomic E-state index is 10.2. The van der Waals surface area contributed by atoms with E-state index in [0.717, 1.165) is 45.6 Å². The summed E-state index contributed by atoms with van der Waals surface area (Å²) in [5.74, 6) is 0.337. The number of aliphatic hydroxyl groups excluding tert-OH is 2. The zero-order valence-corrected chi connectivity index (χ0v) is 12.0. The van der Waals surface area contributed by atoms with Gasteiger partial charge < -0.3 is 20.4 Å². The number of rotatable bonds is 7. The third kappa shape index (κ3) is 4.87. The van der Waals surface area contributed by atoms with Gasteiger partial charge in [-0.2, -0.15) is 0 Å². The Morgan fingerprint density at radius 3 is 2.75 bits per heavy atom. The Hall–Kier alpha value is -0.940. The first-order valence-corrected chi connectivity index (χ1v) is 7.55. The topological polar surface area (TPSA) is 55.7 Å². The van der Waals surface area contributed by atoms with Crippen LogP contribution in [0.5, 0.6) is 0 Å². The van der Waals surface area contributed by atoms with Crippen LogP contribution in [0.15, 0.2) is 30.3 Å². The lowest BCUT2D eigenvalue weighted by molar-refractivity contribution is 0.0200. The summed E-state index contributed by atoms with van der Waals surface area (Å²) in [5, 5.41) is 22.5. The van der Waals surface area contributed by atoms with Crippen molar-refractivity contribution < 1.29 is 10.2 Å². The number of aliphatic hydroxyl groups is 2. The minimum Gasteiger partial charge on any atom is -0.396 e. The lowest BCUT2D eigenvalue weighted by Crippen LogP contribution is -2.47. The van der Waals surface area contributed by atoms with Crippen LogP contribution in [0, 0.1) is 5.92 Å². The van der Waals surface area contributed by atoms with E-state index in [1.54, 1.807) is 0 Å². The van der Waals surface area contributed by atoms with E-state index >= 15 is 0 Å². The number of benzene rings is 1. The third-order valence-electron chi connectivity index (χ3n) is 4.02. The highest BCUT2D eigenvalue weighted by Gasteiger charge is 2.26. The fraction of sp³-hybridized carbons (Fsp3) is 0.625. The van der Waals surface area contributed by atoms with Crippen molar-refractivity contribution in [2.24, 2.45) is 5.92 Å². The molecular formula is C16H26N2O2. The molecule has 0 aromatic heterocycles. The maximum absolute atomic E-state index is 10.2. The van der Waals surface area contributed by atoms with Gasteiger partial charge in [0, 0.05) is 32.8 Å². The Morgan fingerprint density at radius 1 is 1.25 bits per heavy atom. The highest BCUT2D eigenvalue weighted by atomic mass is 16.3. The lowest BCUT2D eigenvalue weighted by Gasteiger charge is -2.36. The standard InChI is InChI=1S/C16H26N2O2/c19-10-4-8-18-9-7-15(16(20)13-18)12-17-11-14-5-2-1-3-6-14/h1-3,5-6,15-17,19-20H,4,7-13H2/t15-,16+/m0/s1. The molecule has 20 heavy (non-hydrogen) atoms. The lowest BCUT2D eigenvalue weighted by atomic mass is 9.93. The van der Waals surface area contributed by atoms with E-state index in [4.69, 9.17) is 5.11 Å². The van der Waals surface area contributed by atoms with Crippen molar-refractivity contribution in [2.45, 2.75) is 25.5 Å². The van der Waals surface area contributed by atoms with E-state index in [2.05, 4.69) is 22.3 Å². The van der Waals surface area contributed by atoms with Gasteiger partial charge in [0.1, 0.15) is 0 Å². The van der Waals surface area contributed by atoms with Crippen LogP contribution < -0.4 is 5.32 Å². The Labute approximate surface area is 121 Å². The van der Waals surface area contributed by atoms with Gasteiger partial charge in [-0.15, -0.1) is 0 Å². The molecule has 4 nitrogen and oxygen atoms in total. The number of nitrogens with zero attached hydrogens (tertiary/aromatic N) is 1. The van der Waals surface area contributed by atoms with Gasteiger partial charge in [0.2, 0.25) is 0 Å². The molecule has 0 amide bonds. The highest BCUT2D eigenvalue weighted by Crippen LogP contribution is 2.17. The fourth-order valence-corrected chi connectivity index (χ4v) is 2.78. The molecule has 1 aromatic rings. The van der Waals surface area contributed by atoms with E-state index in [1.165, 1.54) is 5.56 Å². The number of nitrogens with one attached hydrogen (secondary N) is 1. The molecule has 0 spiro atoms. The summed E-state index contributed by atoms with van der Waals surface area (Å²) >= 11 is 0. The van der Waals surface area contributed by atoms with Crippen molar-refractivity contribution in [1.29, 1.82) is 0 Å². The molecule has 0 radical (unpaired) electrons. The molecule has 0 bridgehead atoms. The number of β-amino-alcohol motifs (C(OH)–C–C–N with tert-alkyl or cyclic N) is 1. The van der Waals surface area contributed by atoms with Gasteiger partial charge in [0.25, 0.3) is 0 Å². The van der Waals surface area contributed by atoms with E-state index in [9.17, 15) is 5.11 Å². The van der Waals surface area contributed by atoms with Crippen LogP contribution in [0.3, 0.4) is 0 Å². The molecule has 1 aliphatic rings. The Morgan fingerprint density at radius 2 is 2.05 bits per heavy atom. The van der Waals surface area contributed by atoms with Gasteiger partial charge in [-0.25, -0.2) is 0 Å².